The maximum absolute atomic E-state index is 11.1. The molecule has 0 aromatic rings. The van der Waals surface area contributed by atoms with Crippen LogP contribution in [0.1, 0.15) is 6.42 Å². The molecule has 0 aromatic heterocycles. The average Bonchev–Trinajstić information content (AvgIpc) is 2.30. The van der Waals surface area contributed by atoms with Crippen molar-refractivity contribution in [2.75, 3.05) is 13.1 Å². The van der Waals surface area contributed by atoms with E-state index >= 15 is 0 Å². The molecule has 11 heavy (non-hydrogen) atoms. The number of fused-ring (bicyclic) bond motifs is 1. The van der Waals surface area contributed by atoms with E-state index in [-0.39, 0.29) is 23.7 Å². The van der Waals surface area contributed by atoms with Crippen LogP contribution in [0.3, 0.4) is 0 Å². The van der Waals surface area contributed by atoms with Gasteiger partial charge < -0.3 is 5.32 Å². The third-order valence-electron chi connectivity index (χ3n) is 2.40. The topological polar surface area (TPSA) is 58.2 Å². The van der Waals surface area contributed by atoms with Crippen LogP contribution in [0.15, 0.2) is 0 Å². The second-order valence-electron chi connectivity index (χ2n) is 3.06. The Bertz CT molecular complexity index is 192. The smallest absolute Gasteiger partial charge is 0.231 e. The minimum absolute atomic E-state index is 0.0521. The van der Waals surface area contributed by atoms with Crippen LogP contribution >= 0.6 is 0 Å². The minimum Gasteiger partial charge on any atom is -0.316 e. The molecule has 2 fully saturated rings. The van der Waals surface area contributed by atoms with Gasteiger partial charge in [-0.05, 0) is 13.0 Å². The largest absolute Gasteiger partial charge is 0.316 e. The molecule has 4 heteroatoms. The maximum Gasteiger partial charge on any atom is 0.231 e. The summed E-state index contributed by atoms with van der Waals surface area (Å²) in [5, 5.41) is 5.44. The highest BCUT2D eigenvalue weighted by molar-refractivity contribution is 6.05. The van der Waals surface area contributed by atoms with Crippen molar-refractivity contribution < 1.29 is 9.59 Å². The SMILES string of the molecule is O=C1NC(=O)C2CNCCC12. The van der Waals surface area contributed by atoms with Gasteiger partial charge in [0, 0.05) is 6.54 Å². The molecule has 2 heterocycles. The quantitative estimate of drug-likeness (QED) is 0.434. The van der Waals surface area contributed by atoms with Crippen molar-refractivity contribution in [2.24, 2.45) is 11.8 Å². The Morgan fingerprint density at radius 1 is 1.18 bits per heavy atom. The van der Waals surface area contributed by atoms with E-state index in [1.54, 1.807) is 0 Å². The first-order chi connectivity index (χ1) is 5.29. The van der Waals surface area contributed by atoms with Gasteiger partial charge in [-0.25, -0.2) is 0 Å². The van der Waals surface area contributed by atoms with E-state index < -0.39 is 0 Å². The van der Waals surface area contributed by atoms with Crippen molar-refractivity contribution in [1.82, 2.24) is 10.6 Å². The molecule has 2 atom stereocenters. The lowest BCUT2D eigenvalue weighted by atomic mass is 9.89. The third-order valence-corrected chi connectivity index (χ3v) is 2.40. The van der Waals surface area contributed by atoms with E-state index in [2.05, 4.69) is 10.6 Å². The van der Waals surface area contributed by atoms with E-state index in [0.717, 1.165) is 13.0 Å². The second kappa shape index (κ2) is 2.30. The van der Waals surface area contributed by atoms with E-state index in [1.165, 1.54) is 0 Å². The molecular formula is C7H10N2O2. The van der Waals surface area contributed by atoms with Crippen LogP contribution < -0.4 is 10.6 Å². The molecule has 2 unspecified atom stereocenters. The summed E-state index contributed by atoms with van der Waals surface area (Å²) in [6, 6.07) is 0. The molecule has 0 aliphatic carbocycles. The molecule has 0 saturated carbocycles. The Hall–Kier alpha value is -0.900. The summed E-state index contributed by atoms with van der Waals surface area (Å²) in [6.45, 7) is 1.50. The van der Waals surface area contributed by atoms with Crippen molar-refractivity contribution in [2.45, 2.75) is 6.42 Å². The zero-order chi connectivity index (χ0) is 7.84. The molecule has 0 aromatic carbocycles. The van der Waals surface area contributed by atoms with Crippen molar-refractivity contribution in [3.05, 3.63) is 0 Å². The van der Waals surface area contributed by atoms with Crippen LogP contribution in [0.25, 0.3) is 0 Å². The summed E-state index contributed by atoms with van der Waals surface area (Å²) in [6.07, 6.45) is 0.794. The fourth-order valence-corrected chi connectivity index (χ4v) is 1.75. The van der Waals surface area contributed by atoms with Gasteiger partial charge in [0.15, 0.2) is 0 Å². The molecule has 60 valence electrons. The summed E-state index contributed by atoms with van der Waals surface area (Å²) in [5.74, 6) is -0.339. The molecule has 0 spiro atoms. The lowest BCUT2D eigenvalue weighted by Crippen LogP contribution is -2.38. The zero-order valence-corrected chi connectivity index (χ0v) is 6.09. The summed E-state index contributed by atoms with van der Waals surface area (Å²) < 4.78 is 0. The average molecular weight is 154 g/mol. The summed E-state index contributed by atoms with van der Waals surface area (Å²) in [5.41, 5.74) is 0. The van der Waals surface area contributed by atoms with E-state index in [1.807, 2.05) is 0 Å². The summed E-state index contributed by atoms with van der Waals surface area (Å²) in [4.78, 5) is 22.1. The number of carbonyl (C=O) groups is 2. The molecule has 4 nitrogen and oxygen atoms in total. The first-order valence-electron chi connectivity index (χ1n) is 3.84. The lowest BCUT2D eigenvalue weighted by molar-refractivity contribution is -0.126. The predicted molar refractivity (Wildman–Crippen MR) is 37.6 cm³/mol. The summed E-state index contributed by atoms with van der Waals surface area (Å²) in [7, 11) is 0. The van der Waals surface area contributed by atoms with E-state index in [9.17, 15) is 9.59 Å². The standard InChI is InChI=1S/C7H10N2O2/c10-6-4-1-2-8-3-5(4)7(11)9-6/h4-5,8H,1-3H2,(H,9,10,11). The van der Waals surface area contributed by atoms with Gasteiger partial charge >= 0.3 is 0 Å². The fourth-order valence-electron chi connectivity index (χ4n) is 1.75. The lowest BCUT2D eigenvalue weighted by Gasteiger charge is -2.21. The van der Waals surface area contributed by atoms with Gasteiger partial charge in [-0.15, -0.1) is 0 Å². The van der Waals surface area contributed by atoms with Gasteiger partial charge in [0.1, 0.15) is 0 Å². The van der Waals surface area contributed by atoms with Gasteiger partial charge in [-0.1, -0.05) is 0 Å². The van der Waals surface area contributed by atoms with Gasteiger partial charge in [-0.3, -0.25) is 14.9 Å². The Balaban J connectivity index is 2.19. The first kappa shape index (κ1) is 6.79. The van der Waals surface area contributed by atoms with E-state index in [0.29, 0.717) is 6.54 Å². The van der Waals surface area contributed by atoms with Crippen LogP contribution in [-0.4, -0.2) is 24.9 Å². The molecule has 2 saturated heterocycles. The van der Waals surface area contributed by atoms with Gasteiger partial charge in [0.05, 0.1) is 11.8 Å². The van der Waals surface area contributed by atoms with Crippen LogP contribution in [-0.2, 0) is 9.59 Å². The fraction of sp³-hybridized carbons (Fsp3) is 0.714. The Morgan fingerprint density at radius 3 is 2.64 bits per heavy atom. The Morgan fingerprint density at radius 2 is 1.91 bits per heavy atom. The second-order valence-corrected chi connectivity index (χ2v) is 3.06. The normalized spacial score (nSPS) is 36.7. The minimum atomic E-state index is -0.104. The van der Waals surface area contributed by atoms with Crippen LogP contribution in [0.2, 0.25) is 0 Å². The van der Waals surface area contributed by atoms with Crippen molar-refractivity contribution >= 4 is 11.8 Å². The molecule has 2 aliphatic rings. The molecule has 2 N–H and O–H groups in total. The molecule has 0 radical (unpaired) electrons. The molecule has 2 aliphatic heterocycles. The van der Waals surface area contributed by atoms with Crippen LogP contribution in [0.4, 0.5) is 0 Å². The van der Waals surface area contributed by atoms with Gasteiger partial charge in [0.25, 0.3) is 0 Å². The third kappa shape index (κ3) is 0.939. The number of hydrogen-bond acceptors (Lipinski definition) is 3. The van der Waals surface area contributed by atoms with E-state index in [4.69, 9.17) is 0 Å². The number of rotatable bonds is 0. The summed E-state index contributed by atoms with van der Waals surface area (Å²) >= 11 is 0. The zero-order valence-electron chi connectivity index (χ0n) is 6.09. The Kier molecular flexibility index (Phi) is 1.42. The highest BCUT2D eigenvalue weighted by atomic mass is 16.2. The van der Waals surface area contributed by atoms with Gasteiger partial charge in [-0.2, -0.15) is 0 Å². The Labute approximate surface area is 64.3 Å². The number of imide groups is 1. The maximum atomic E-state index is 11.1. The van der Waals surface area contributed by atoms with Crippen LogP contribution in [0, 0.1) is 11.8 Å². The number of piperidine rings is 1. The highest BCUT2D eigenvalue weighted by Gasteiger charge is 2.42. The number of hydrogen-bond donors (Lipinski definition) is 2. The number of carbonyl (C=O) groups excluding carboxylic acids is 2. The monoisotopic (exact) mass is 154 g/mol. The van der Waals surface area contributed by atoms with Crippen LogP contribution in [0.5, 0.6) is 0 Å². The molecule has 2 amide bonds. The molecular weight excluding hydrogens is 144 g/mol. The molecule has 0 bridgehead atoms. The number of nitrogens with one attached hydrogen (secondary N) is 2. The van der Waals surface area contributed by atoms with Crippen molar-refractivity contribution in [1.29, 1.82) is 0 Å². The van der Waals surface area contributed by atoms with Crippen molar-refractivity contribution in [3.8, 4) is 0 Å². The first-order valence-corrected chi connectivity index (χ1v) is 3.84. The highest BCUT2D eigenvalue weighted by Crippen LogP contribution is 2.24. The predicted octanol–water partition coefficient (Wildman–Crippen LogP) is -1.13. The molecule has 2 rings (SSSR count). The van der Waals surface area contributed by atoms with Crippen molar-refractivity contribution in [3.63, 3.8) is 0 Å². The number of amides is 2. The van der Waals surface area contributed by atoms with Gasteiger partial charge in [0.2, 0.25) is 11.8 Å².